The van der Waals surface area contributed by atoms with E-state index in [2.05, 4.69) is 0 Å². The van der Waals surface area contributed by atoms with Gasteiger partial charge in [-0.15, -0.1) is 11.3 Å². The van der Waals surface area contributed by atoms with Gasteiger partial charge in [-0.1, -0.05) is 11.6 Å². The summed E-state index contributed by atoms with van der Waals surface area (Å²) in [6.07, 6.45) is -21.8. The van der Waals surface area contributed by atoms with Gasteiger partial charge in [0.1, 0.15) is 0 Å². The Morgan fingerprint density at radius 2 is 1.00 bits per heavy atom. The summed E-state index contributed by atoms with van der Waals surface area (Å²) in [5.41, 5.74) is -7.84. The van der Waals surface area contributed by atoms with Crippen molar-refractivity contribution in [2.75, 3.05) is 0 Å². The molecule has 0 nitrogen and oxygen atoms in total. The highest BCUT2D eigenvalue weighted by molar-refractivity contribution is 14.1. The minimum atomic E-state index is -5.53. The van der Waals surface area contributed by atoms with Crippen molar-refractivity contribution in [1.82, 2.24) is 0 Å². The van der Waals surface area contributed by atoms with Crippen LogP contribution < -0.4 is 0 Å². The molecule has 0 spiro atoms. The summed E-state index contributed by atoms with van der Waals surface area (Å²) in [6.45, 7) is 0. The van der Waals surface area contributed by atoms with E-state index in [0.717, 1.165) is 22.6 Å². The second kappa shape index (κ2) is 7.17. The van der Waals surface area contributed by atoms with Crippen LogP contribution in [0.4, 0.5) is 52.7 Å². The van der Waals surface area contributed by atoms with Crippen LogP contribution in [-0.2, 0) is 24.7 Å². The highest BCUT2D eigenvalue weighted by Crippen LogP contribution is 2.53. The summed E-state index contributed by atoms with van der Waals surface area (Å²) in [5.74, 6) is 0. The van der Waals surface area contributed by atoms with Crippen LogP contribution in [-0.4, -0.2) is 0 Å². The summed E-state index contributed by atoms with van der Waals surface area (Å²) < 4.78 is 157. The number of thiophene rings is 1. The number of hydrogen-bond acceptors (Lipinski definition) is 1. The molecule has 0 amide bonds. The van der Waals surface area contributed by atoms with E-state index in [0.29, 0.717) is 0 Å². The molecule has 170 valence electrons. The number of benzene rings is 2. The van der Waals surface area contributed by atoms with Gasteiger partial charge in [0.05, 0.1) is 27.3 Å². The Hall–Kier alpha value is -1.16. The maximum absolute atomic E-state index is 13.6. The van der Waals surface area contributed by atoms with E-state index < -0.39 is 75.7 Å². The first-order chi connectivity index (χ1) is 13.8. The van der Waals surface area contributed by atoms with Crippen molar-refractivity contribution in [1.29, 1.82) is 0 Å². The van der Waals surface area contributed by atoms with Crippen molar-refractivity contribution in [2.24, 2.45) is 0 Å². The van der Waals surface area contributed by atoms with Crippen LogP contribution in [0.5, 0.6) is 0 Å². The zero-order valence-electron chi connectivity index (χ0n) is 13.9. The van der Waals surface area contributed by atoms with Gasteiger partial charge in [-0.05, 0) is 34.7 Å². The summed E-state index contributed by atoms with van der Waals surface area (Å²) in [5, 5.41) is -3.93. The molecular formula is C16H2ClF12IS. The van der Waals surface area contributed by atoms with Crippen molar-refractivity contribution in [3.63, 3.8) is 0 Å². The largest absolute Gasteiger partial charge is 0.419 e. The third-order valence-corrected chi connectivity index (χ3v) is 6.87. The predicted molar refractivity (Wildman–Crippen MR) is 97.1 cm³/mol. The lowest BCUT2D eigenvalue weighted by atomic mass is 10.0. The molecule has 3 rings (SSSR count). The van der Waals surface area contributed by atoms with Gasteiger partial charge in [-0.25, -0.2) is 0 Å². The minimum absolute atomic E-state index is 0.0267. The highest BCUT2D eigenvalue weighted by atomic mass is 127. The molecule has 0 aliphatic heterocycles. The van der Waals surface area contributed by atoms with Gasteiger partial charge in [0.15, 0.2) is 0 Å². The molecule has 0 aliphatic rings. The molecule has 31 heavy (non-hydrogen) atoms. The zero-order valence-corrected chi connectivity index (χ0v) is 17.6. The fourth-order valence-electron chi connectivity index (χ4n) is 2.92. The van der Waals surface area contributed by atoms with Crippen LogP contribution in [0.3, 0.4) is 0 Å². The quantitative estimate of drug-likeness (QED) is 0.174. The predicted octanol–water partition coefficient (Wildman–Crippen LogP) is 9.39. The Bertz CT molecular complexity index is 1100. The Kier molecular flexibility index (Phi) is 5.66. The second-order valence-electron chi connectivity index (χ2n) is 6.07. The van der Waals surface area contributed by atoms with Gasteiger partial charge in [0, 0.05) is 23.7 Å². The molecule has 0 N–H and O–H groups in total. The van der Waals surface area contributed by atoms with Crippen molar-refractivity contribution in [3.8, 4) is 0 Å². The van der Waals surface area contributed by atoms with Crippen LogP contribution in [0.2, 0.25) is 5.02 Å². The standard InChI is InChI=1S/C16H2ClF12IS/c17-9-5(13(18,19)20)1-3-4-2-6(14(21,22)23)10(30)8(16(27,28)29)12(4)31-11(3)7(9)15(24,25)26/h1-2H. The lowest BCUT2D eigenvalue weighted by Gasteiger charge is -2.17. The SMILES string of the molecule is FC(F)(F)c1cc2c(sc3c(C(F)(F)F)c(I)c(C(F)(F)F)cc32)c(C(F)(F)F)c1Cl. The van der Waals surface area contributed by atoms with Crippen molar-refractivity contribution < 1.29 is 52.7 Å². The number of rotatable bonds is 0. The first kappa shape index (κ1) is 24.5. The lowest BCUT2D eigenvalue weighted by molar-refractivity contribution is -0.144. The Morgan fingerprint density at radius 3 is 1.39 bits per heavy atom. The monoisotopic (exact) mass is 616 g/mol. The fourth-order valence-corrected chi connectivity index (χ4v) is 5.96. The van der Waals surface area contributed by atoms with Gasteiger partial charge in [-0.3, -0.25) is 0 Å². The Labute approximate surface area is 185 Å². The Morgan fingerprint density at radius 1 is 0.613 bits per heavy atom. The van der Waals surface area contributed by atoms with Gasteiger partial charge >= 0.3 is 24.7 Å². The second-order valence-corrected chi connectivity index (χ2v) is 8.55. The molecule has 0 saturated heterocycles. The lowest BCUT2D eigenvalue weighted by Crippen LogP contribution is -2.15. The molecule has 1 aromatic heterocycles. The van der Waals surface area contributed by atoms with E-state index in [1.807, 2.05) is 0 Å². The normalized spacial score (nSPS) is 14.1. The molecule has 0 bridgehead atoms. The summed E-state index contributed by atoms with van der Waals surface area (Å²) >= 11 is 5.84. The van der Waals surface area contributed by atoms with E-state index >= 15 is 0 Å². The van der Waals surface area contributed by atoms with E-state index in [9.17, 15) is 52.7 Å². The van der Waals surface area contributed by atoms with Crippen LogP contribution in [0.1, 0.15) is 22.3 Å². The van der Waals surface area contributed by atoms with Gasteiger partial charge < -0.3 is 0 Å². The van der Waals surface area contributed by atoms with Crippen molar-refractivity contribution in [2.45, 2.75) is 24.7 Å². The molecule has 3 aromatic rings. The fraction of sp³-hybridized carbons (Fsp3) is 0.250. The molecule has 0 aliphatic carbocycles. The maximum Gasteiger partial charge on any atom is 0.419 e. The molecule has 1 heterocycles. The molecule has 0 saturated carbocycles. The molecule has 0 fully saturated rings. The molecule has 0 radical (unpaired) electrons. The molecule has 0 unspecified atom stereocenters. The number of fused-ring (bicyclic) bond motifs is 3. The summed E-state index contributed by atoms with van der Waals surface area (Å²) in [7, 11) is 0. The molecular weight excluding hydrogens is 615 g/mol. The first-order valence-electron chi connectivity index (χ1n) is 7.46. The van der Waals surface area contributed by atoms with Crippen molar-refractivity contribution >= 4 is 65.7 Å². The van der Waals surface area contributed by atoms with Crippen LogP contribution in [0.25, 0.3) is 20.2 Å². The van der Waals surface area contributed by atoms with Crippen LogP contribution >= 0.6 is 45.5 Å². The maximum atomic E-state index is 13.6. The first-order valence-corrected chi connectivity index (χ1v) is 9.73. The number of alkyl halides is 12. The zero-order chi connectivity index (χ0) is 23.9. The topological polar surface area (TPSA) is 0 Å². The van der Waals surface area contributed by atoms with E-state index in [-0.39, 0.29) is 23.5 Å². The summed E-state index contributed by atoms with van der Waals surface area (Å²) in [4.78, 5) is 0. The van der Waals surface area contributed by atoms with Gasteiger partial charge in [0.2, 0.25) is 0 Å². The third-order valence-electron chi connectivity index (χ3n) is 4.10. The minimum Gasteiger partial charge on any atom is -0.166 e. The Balaban J connectivity index is 2.69. The number of halogens is 14. The van der Waals surface area contributed by atoms with Crippen molar-refractivity contribution in [3.05, 3.63) is 43.0 Å². The number of hydrogen-bond donors (Lipinski definition) is 0. The van der Waals surface area contributed by atoms with E-state index in [1.54, 1.807) is 0 Å². The van der Waals surface area contributed by atoms with E-state index in [1.165, 1.54) is 0 Å². The highest BCUT2D eigenvalue weighted by Gasteiger charge is 2.46. The van der Waals surface area contributed by atoms with Gasteiger partial charge in [-0.2, -0.15) is 52.7 Å². The third kappa shape index (κ3) is 4.14. The molecule has 0 atom stereocenters. The van der Waals surface area contributed by atoms with Gasteiger partial charge in [0.25, 0.3) is 0 Å². The van der Waals surface area contributed by atoms with E-state index in [4.69, 9.17) is 11.6 Å². The smallest absolute Gasteiger partial charge is 0.166 e. The van der Waals surface area contributed by atoms with Crippen LogP contribution in [0.15, 0.2) is 12.1 Å². The molecule has 15 heteroatoms. The summed E-state index contributed by atoms with van der Waals surface area (Å²) in [6, 6.07) is 0.137. The van der Waals surface area contributed by atoms with Crippen LogP contribution in [0, 0.1) is 3.57 Å². The average Bonchev–Trinajstić information content (AvgIpc) is 2.85. The molecule has 2 aromatic carbocycles. The average molecular weight is 617 g/mol.